The lowest BCUT2D eigenvalue weighted by Gasteiger charge is -2.10. The van der Waals surface area contributed by atoms with Gasteiger partial charge in [0.25, 0.3) is 6.26 Å². The summed E-state index contributed by atoms with van der Waals surface area (Å²) in [6, 6.07) is 0. The van der Waals surface area contributed by atoms with Crippen LogP contribution in [-0.4, -0.2) is 34.9 Å². The lowest BCUT2D eigenvalue weighted by atomic mass is 10.1. The summed E-state index contributed by atoms with van der Waals surface area (Å²) in [5, 5.41) is 8.36. The van der Waals surface area contributed by atoms with Crippen LogP contribution in [0, 0.1) is 11.5 Å². The smallest absolute Gasteiger partial charge is 0.425 e. The predicted octanol–water partition coefficient (Wildman–Crippen LogP) is 3.43. The Morgan fingerprint density at radius 1 is 0.853 bits per heavy atom. The van der Waals surface area contributed by atoms with Gasteiger partial charge in [-0.05, 0) is 38.5 Å². The molecule has 0 bridgehead atoms. The van der Waals surface area contributed by atoms with Gasteiger partial charge in [-0.1, -0.05) is 51.9 Å². The fourth-order valence-electron chi connectivity index (χ4n) is 3.58. The quantitative estimate of drug-likeness (QED) is 0.122. The van der Waals surface area contributed by atoms with E-state index in [1.807, 2.05) is 0 Å². The van der Waals surface area contributed by atoms with Crippen LogP contribution in [0.15, 0.2) is 24.0 Å². The first-order valence-corrected chi connectivity index (χ1v) is 12.6. The normalized spacial score (nSPS) is 11.2. The van der Waals surface area contributed by atoms with Crippen LogP contribution in [0.5, 0.6) is 0 Å². The molecule has 0 saturated carbocycles. The Hall–Kier alpha value is -2.92. The Labute approximate surface area is 201 Å². The molecule has 190 valence electrons. The average Bonchev–Trinajstić information content (AvgIpc) is 2.83. The monoisotopic (exact) mass is 477 g/mol. The maximum absolute atomic E-state index is 13.1. The van der Waals surface area contributed by atoms with Gasteiger partial charge in [-0.25, -0.2) is 33.5 Å². The van der Waals surface area contributed by atoms with E-state index in [-0.39, 0.29) is 11.4 Å². The van der Waals surface area contributed by atoms with Crippen LogP contribution in [0.1, 0.15) is 90.4 Å². The van der Waals surface area contributed by atoms with Crippen molar-refractivity contribution in [3.8, 4) is 6.26 Å². The van der Waals surface area contributed by atoms with E-state index >= 15 is 0 Å². The third kappa shape index (κ3) is 12.4. The van der Waals surface area contributed by atoms with E-state index in [1.54, 1.807) is 6.26 Å². The van der Waals surface area contributed by atoms with Crippen LogP contribution in [0.3, 0.4) is 0 Å². The Balaban J connectivity index is 2.80. The molecule has 0 saturated heterocycles. The second-order valence-corrected chi connectivity index (χ2v) is 8.27. The summed E-state index contributed by atoms with van der Waals surface area (Å²) in [6.45, 7) is 4.26. The maximum atomic E-state index is 13.1. The van der Waals surface area contributed by atoms with Gasteiger partial charge in [-0.3, -0.25) is 0 Å². The van der Waals surface area contributed by atoms with E-state index in [9.17, 15) is 14.4 Å². The van der Waals surface area contributed by atoms with Crippen molar-refractivity contribution < 1.29 is 13.9 Å². The number of unbranched alkanes of at least 4 members (excludes halogenated alkanes) is 10. The molecular weight excluding hydrogens is 438 g/mol. The number of hydrogen-bond acceptors (Lipinski definition) is 8. The molecule has 1 aromatic heterocycles. The van der Waals surface area contributed by atoms with E-state index in [0.29, 0.717) is 39.2 Å². The van der Waals surface area contributed by atoms with E-state index in [4.69, 9.17) is 9.68 Å². The number of aliphatic imine (C=N–C) groups is 1. The molecule has 0 aliphatic heterocycles. The molecule has 1 rings (SSSR count). The van der Waals surface area contributed by atoms with E-state index in [2.05, 4.69) is 21.6 Å². The third-order valence-corrected chi connectivity index (χ3v) is 5.51. The molecule has 34 heavy (non-hydrogen) atoms. The molecule has 0 aliphatic rings. The summed E-state index contributed by atoms with van der Waals surface area (Å²) in [5.74, 6) is -0.676. The summed E-state index contributed by atoms with van der Waals surface area (Å²) in [4.78, 5) is 43.6. The SMILES string of the molecule is CCCCCCCn1c(=NCCCCCCOC#N)oc(=O)n(CCCCCCN=C=O)c1=O. The molecule has 0 atom stereocenters. The number of isocyanates is 1. The number of nitrogens with zero attached hydrogens (tertiary/aromatic N) is 5. The number of hydrogen-bond donors (Lipinski definition) is 0. The zero-order chi connectivity index (χ0) is 24.9. The largest absolute Gasteiger partial charge is 0.428 e. The minimum atomic E-state index is -0.676. The topological polar surface area (TPSA) is 132 Å². The first-order chi connectivity index (χ1) is 16.7. The highest BCUT2D eigenvalue weighted by Crippen LogP contribution is 2.04. The van der Waals surface area contributed by atoms with Gasteiger partial charge >= 0.3 is 17.1 Å². The summed E-state index contributed by atoms with van der Waals surface area (Å²) >= 11 is 0. The fourth-order valence-corrected chi connectivity index (χ4v) is 3.58. The van der Waals surface area contributed by atoms with Crippen LogP contribution >= 0.6 is 0 Å². The van der Waals surface area contributed by atoms with Crippen molar-refractivity contribution in [2.24, 2.45) is 9.98 Å². The van der Waals surface area contributed by atoms with Gasteiger partial charge in [0.1, 0.15) is 6.61 Å². The van der Waals surface area contributed by atoms with E-state index in [0.717, 1.165) is 81.6 Å². The van der Waals surface area contributed by atoms with Crippen molar-refractivity contribution in [2.75, 3.05) is 19.7 Å². The van der Waals surface area contributed by atoms with Crippen LogP contribution in [0.25, 0.3) is 0 Å². The zero-order valence-corrected chi connectivity index (χ0v) is 20.5. The minimum absolute atomic E-state index is 0.0984. The van der Waals surface area contributed by atoms with Gasteiger partial charge in [-0.2, -0.15) is 5.26 Å². The summed E-state index contributed by atoms with van der Waals surface area (Å²) in [6.07, 6.45) is 15.0. The molecule has 0 amide bonds. The highest BCUT2D eigenvalue weighted by molar-refractivity contribution is 5.32. The molecule has 10 nitrogen and oxygen atoms in total. The molecule has 0 spiro atoms. The summed E-state index contributed by atoms with van der Waals surface area (Å²) in [5.41, 5.74) is -0.272. The number of aromatic nitrogens is 2. The maximum Gasteiger partial charge on any atom is 0.425 e. The zero-order valence-electron chi connectivity index (χ0n) is 20.5. The molecule has 10 heteroatoms. The van der Waals surface area contributed by atoms with Crippen LogP contribution in [0.2, 0.25) is 0 Å². The number of carbonyl (C=O) groups excluding carboxylic acids is 1. The molecule has 0 aliphatic carbocycles. The number of rotatable bonds is 20. The molecule has 0 unspecified atom stereocenters. The van der Waals surface area contributed by atoms with Crippen LogP contribution in [0.4, 0.5) is 0 Å². The Kier molecular flexibility index (Phi) is 16.7. The number of nitriles is 1. The van der Waals surface area contributed by atoms with Crippen molar-refractivity contribution >= 4 is 6.08 Å². The van der Waals surface area contributed by atoms with E-state index < -0.39 is 5.76 Å². The molecule has 0 radical (unpaired) electrons. The highest BCUT2D eigenvalue weighted by Gasteiger charge is 2.10. The molecule has 0 fully saturated rings. The Bertz CT molecular complexity index is 950. The lowest BCUT2D eigenvalue weighted by molar-refractivity contribution is 0.260. The van der Waals surface area contributed by atoms with Crippen LogP contribution < -0.4 is 17.1 Å². The van der Waals surface area contributed by atoms with Crippen molar-refractivity contribution in [2.45, 2.75) is 103 Å². The van der Waals surface area contributed by atoms with Crippen LogP contribution in [-0.2, 0) is 22.6 Å². The second kappa shape index (κ2) is 19.5. The molecule has 1 heterocycles. The molecular formula is C24H39N5O5. The first kappa shape index (κ1) is 29.1. The van der Waals surface area contributed by atoms with Gasteiger partial charge in [0.2, 0.25) is 6.08 Å². The van der Waals surface area contributed by atoms with E-state index in [1.165, 1.54) is 10.6 Å². The standard InChI is InChI=1S/C24H39N5O5/c1-2-3-4-7-12-17-28-22(27-16-11-6-9-14-19-33-20-25)34-24(32)29(23(28)31)18-13-8-5-10-15-26-21-30/h2-19H2,1H3. The summed E-state index contributed by atoms with van der Waals surface area (Å²) in [7, 11) is 0. The van der Waals surface area contributed by atoms with Gasteiger partial charge in [-0.15, -0.1) is 0 Å². The Morgan fingerprint density at radius 3 is 2.15 bits per heavy atom. The highest BCUT2D eigenvalue weighted by atomic mass is 16.5. The van der Waals surface area contributed by atoms with Gasteiger partial charge in [0.05, 0.1) is 6.54 Å². The fraction of sp³-hybridized carbons (Fsp3) is 0.792. The third-order valence-electron chi connectivity index (χ3n) is 5.51. The second-order valence-electron chi connectivity index (χ2n) is 8.27. The lowest BCUT2D eigenvalue weighted by Crippen LogP contribution is -2.47. The van der Waals surface area contributed by atoms with Crippen molar-refractivity contribution in [3.63, 3.8) is 0 Å². The van der Waals surface area contributed by atoms with Crippen molar-refractivity contribution in [3.05, 3.63) is 26.7 Å². The molecule has 0 N–H and O–H groups in total. The molecule has 0 aromatic carbocycles. The van der Waals surface area contributed by atoms with Gasteiger partial charge in [0, 0.05) is 19.6 Å². The van der Waals surface area contributed by atoms with Gasteiger partial charge in [0.15, 0.2) is 0 Å². The number of ether oxygens (including phenoxy) is 1. The van der Waals surface area contributed by atoms with Gasteiger partial charge < -0.3 is 9.15 Å². The molecule has 1 aromatic rings. The van der Waals surface area contributed by atoms with Crippen molar-refractivity contribution in [1.29, 1.82) is 5.26 Å². The predicted molar refractivity (Wildman–Crippen MR) is 128 cm³/mol. The summed E-state index contributed by atoms with van der Waals surface area (Å²) < 4.78 is 12.8. The average molecular weight is 478 g/mol. The Morgan fingerprint density at radius 2 is 1.47 bits per heavy atom. The van der Waals surface area contributed by atoms with Crippen molar-refractivity contribution in [1.82, 2.24) is 9.13 Å². The minimum Gasteiger partial charge on any atom is -0.428 e. The first-order valence-electron chi connectivity index (χ1n) is 12.6.